The Labute approximate surface area is 471 Å². The number of aliphatic hydroxyl groups is 1. The summed E-state index contributed by atoms with van der Waals surface area (Å²) in [5, 5.41) is 34.2. The number of aldehydes is 1. The Morgan fingerprint density at radius 1 is 0.988 bits per heavy atom. The van der Waals surface area contributed by atoms with Crippen molar-refractivity contribution in [3.05, 3.63) is 130 Å². The molecule has 1 aliphatic carbocycles. The Morgan fingerprint density at radius 2 is 1.77 bits per heavy atom. The smallest absolute Gasteiger partial charge is 0.319 e. The lowest BCUT2D eigenvalue weighted by Crippen LogP contribution is -2.44. The monoisotopic (exact) mass is 1100 g/mol. The van der Waals surface area contributed by atoms with Gasteiger partial charge in [0.05, 0.1) is 60.5 Å². The molecule has 0 spiro atoms. The molecular weight excluding hydrogens is 1030 g/mol. The van der Waals surface area contributed by atoms with E-state index in [9.17, 15) is 19.1 Å². The van der Waals surface area contributed by atoms with Gasteiger partial charge in [-0.15, -0.1) is 5.10 Å². The molecule has 3 saturated heterocycles. The van der Waals surface area contributed by atoms with Gasteiger partial charge in [0.1, 0.15) is 42.4 Å². The second kappa shape index (κ2) is 27.1. The molecular formula is C61H74FN13O6. The van der Waals surface area contributed by atoms with Crippen molar-refractivity contribution >= 4 is 41.6 Å². The molecule has 4 aromatic heterocycles. The van der Waals surface area contributed by atoms with Gasteiger partial charge in [0, 0.05) is 78.5 Å². The van der Waals surface area contributed by atoms with Crippen LogP contribution in [0.1, 0.15) is 106 Å². The molecule has 0 radical (unpaired) electrons. The number of aliphatic hydroxyl groups excluding tert-OH is 1. The van der Waals surface area contributed by atoms with Crippen molar-refractivity contribution < 1.29 is 33.3 Å². The highest BCUT2D eigenvalue weighted by atomic mass is 19.1. The van der Waals surface area contributed by atoms with Gasteiger partial charge in [0.25, 0.3) is 0 Å². The summed E-state index contributed by atoms with van der Waals surface area (Å²) in [5.41, 5.74) is 9.43. The maximum atomic E-state index is 14.5. The highest BCUT2D eigenvalue weighted by Gasteiger charge is 2.40. The number of aryl methyl sites for hydroxylation is 1. The average Bonchev–Trinajstić information content (AvgIpc) is 4.14. The molecule has 1 amide bonds. The number of carbonyl (C=O) groups is 2. The molecule has 4 aliphatic rings. The van der Waals surface area contributed by atoms with Crippen LogP contribution in [0.15, 0.2) is 91.3 Å². The van der Waals surface area contributed by atoms with Crippen molar-refractivity contribution in [3.63, 3.8) is 0 Å². The molecule has 1 unspecified atom stereocenters. The van der Waals surface area contributed by atoms with Crippen LogP contribution in [0.5, 0.6) is 11.8 Å². The third-order valence-electron chi connectivity index (χ3n) is 15.6. The Morgan fingerprint density at radius 3 is 2.41 bits per heavy atom. The third kappa shape index (κ3) is 13.9. The van der Waals surface area contributed by atoms with Crippen LogP contribution in [0.25, 0.3) is 45.6 Å². The fourth-order valence-corrected chi connectivity index (χ4v) is 10.4. The molecule has 11 rings (SSSR count). The van der Waals surface area contributed by atoms with E-state index in [1.165, 1.54) is 17.1 Å². The van der Waals surface area contributed by atoms with Crippen LogP contribution in [0.2, 0.25) is 0 Å². The van der Waals surface area contributed by atoms with Crippen LogP contribution in [0.3, 0.4) is 0 Å². The number of hydrogen-bond donors (Lipinski definition) is 4. The Bertz CT molecular complexity index is 3380. The second-order valence-corrected chi connectivity index (χ2v) is 21.3. The molecule has 19 nitrogen and oxygen atoms in total. The van der Waals surface area contributed by atoms with E-state index in [0.717, 1.165) is 131 Å². The number of ether oxygens (including phenoxy) is 3. The summed E-state index contributed by atoms with van der Waals surface area (Å²) in [6.07, 6.45) is 18.6. The van der Waals surface area contributed by atoms with Crippen LogP contribution >= 0.6 is 0 Å². The van der Waals surface area contributed by atoms with E-state index in [2.05, 4.69) is 97.1 Å². The molecule has 81 heavy (non-hydrogen) atoms. The van der Waals surface area contributed by atoms with E-state index in [4.69, 9.17) is 24.2 Å². The summed E-state index contributed by atoms with van der Waals surface area (Å²) < 4.78 is 34.8. The maximum absolute atomic E-state index is 14.5. The second-order valence-electron chi connectivity index (χ2n) is 21.3. The van der Waals surface area contributed by atoms with Crippen molar-refractivity contribution in [2.75, 3.05) is 58.5 Å². The fraction of sp³-hybridized carbons (Fsp3) is 0.426. The van der Waals surface area contributed by atoms with E-state index in [0.29, 0.717) is 53.7 Å². The first kappa shape index (κ1) is 57.9. The number of halogens is 1. The van der Waals surface area contributed by atoms with Gasteiger partial charge < -0.3 is 44.5 Å². The number of aromatic nitrogens is 9. The summed E-state index contributed by atoms with van der Waals surface area (Å²) >= 11 is 0. The molecule has 20 heteroatoms. The lowest BCUT2D eigenvalue weighted by atomic mass is 9.97. The highest BCUT2D eigenvalue weighted by Crippen LogP contribution is 2.48. The van der Waals surface area contributed by atoms with Crippen LogP contribution < -0.4 is 35.6 Å². The van der Waals surface area contributed by atoms with E-state index >= 15 is 0 Å². The average molecular weight is 1100 g/mol. The number of rotatable bonds is 20. The summed E-state index contributed by atoms with van der Waals surface area (Å²) in [5.74, 6) is 1.93. The number of H-pyrrole nitrogens is 1. The predicted octanol–water partition coefficient (Wildman–Crippen LogP) is 6.85. The Hall–Kier alpha value is -7.78. The number of carbonyl (C=O) groups excluding carboxylic acids is 2. The van der Waals surface area contributed by atoms with Crippen LogP contribution in [0.4, 0.5) is 10.2 Å². The molecule has 7 heterocycles. The van der Waals surface area contributed by atoms with Gasteiger partial charge in [-0.05, 0) is 107 Å². The van der Waals surface area contributed by atoms with E-state index < -0.39 is 0 Å². The number of piperazine rings is 1. The number of methoxy groups -OCH3 is 1. The number of hydrogen-bond acceptors (Lipinski definition) is 16. The summed E-state index contributed by atoms with van der Waals surface area (Å²) in [4.78, 5) is 42.9. The summed E-state index contributed by atoms with van der Waals surface area (Å²) in [6, 6.07) is 19.6. The quantitative estimate of drug-likeness (QED) is 0.0452. The number of aromatic amines is 1. The summed E-state index contributed by atoms with van der Waals surface area (Å²) in [7, 11) is 3.48. The number of allylic oxidation sites excluding steroid dienone is 2. The number of nitrogens with zero attached hydrogens (tertiary/aromatic N) is 10. The van der Waals surface area contributed by atoms with Gasteiger partial charge in [-0.2, -0.15) is 15.1 Å². The molecule has 3 aromatic carbocycles. The largest absolute Gasteiger partial charge is 0.486 e. The zero-order valence-electron chi connectivity index (χ0n) is 47.3. The number of anilines is 1. The first-order chi connectivity index (χ1) is 39.4. The van der Waals surface area contributed by atoms with Crippen molar-refractivity contribution in [2.24, 2.45) is 5.92 Å². The van der Waals surface area contributed by atoms with Gasteiger partial charge in [-0.1, -0.05) is 73.7 Å². The van der Waals surface area contributed by atoms with Gasteiger partial charge in [0.15, 0.2) is 5.75 Å². The van der Waals surface area contributed by atoms with Gasteiger partial charge in [0.2, 0.25) is 6.41 Å². The van der Waals surface area contributed by atoms with E-state index in [-0.39, 0.29) is 43.2 Å². The Kier molecular flexibility index (Phi) is 19.4. The lowest BCUT2D eigenvalue weighted by molar-refractivity contribution is -0.123. The minimum Gasteiger partial charge on any atom is -0.486 e. The number of likely N-dealkylation sites (tertiary alicyclic amines) is 1. The first-order valence-electron chi connectivity index (χ1n) is 27.9. The number of likely N-dealkylation sites (N-methyl/N-ethyl adjacent to an activating group) is 1. The molecule has 3 aliphatic heterocycles. The maximum Gasteiger partial charge on any atom is 0.319 e. The number of benzene rings is 3. The molecule has 426 valence electrons. The van der Waals surface area contributed by atoms with E-state index in [1.54, 1.807) is 32.6 Å². The molecule has 5 atom stereocenters. The zero-order chi connectivity index (χ0) is 57.0. The molecule has 4 fully saturated rings. The molecule has 4 N–H and O–H groups in total. The summed E-state index contributed by atoms with van der Waals surface area (Å²) in [6.45, 7) is 13.7. The molecule has 2 bridgehead atoms. The van der Waals surface area contributed by atoms with Crippen molar-refractivity contribution in [1.82, 2.24) is 60.7 Å². The minimum absolute atomic E-state index is 0.0259. The van der Waals surface area contributed by atoms with Crippen LogP contribution in [-0.4, -0.2) is 140 Å². The highest BCUT2D eigenvalue weighted by molar-refractivity contribution is 5.98. The molecule has 7 aromatic rings. The normalized spacial score (nSPS) is 18.9. The fourth-order valence-electron chi connectivity index (χ4n) is 10.4. The van der Waals surface area contributed by atoms with Gasteiger partial charge in [-0.25, -0.2) is 9.07 Å². The Balaban J connectivity index is 0.000000239. The van der Waals surface area contributed by atoms with Gasteiger partial charge >= 0.3 is 6.01 Å². The van der Waals surface area contributed by atoms with Crippen molar-refractivity contribution in [1.29, 1.82) is 0 Å². The molecule has 1 saturated carbocycles. The number of nitrogens with one attached hydrogen (secondary N) is 3. The SMILES string of the molecule is C/C=C(F)/C=c1/[nH]nc/c1=C\c1c(C2CC2)cc2c(N3C[C@@H]4C[C@H]3CN4)nc(OCCOC)nc2c1OCc1ccc(-c2cn(C(C)C(C)C)nn2)cc1.CN[C@@H](CO)c1ccc(-c2nccnc2C)cc1.O=C[C@@H]1CCCN1C=O. The topological polar surface area (TPSA) is 224 Å². The number of fused-ring (bicyclic) bond motifs is 3. The minimum atomic E-state index is -0.351. The van der Waals surface area contributed by atoms with Crippen LogP contribution in [-0.2, 0) is 20.9 Å². The van der Waals surface area contributed by atoms with E-state index in [1.807, 2.05) is 55.2 Å². The first-order valence-corrected chi connectivity index (χ1v) is 27.9. The third-order valence-corrected chi connectivity index (χ3v) is 15.6. The van der Waals surface area contributed by atoms with Crippen molar-refractivity contribution in [3.8, 4) is 34.3 Å². The number of amides is 1. The predicted molar refractivity (Wildman–Crippen MR) is 309 cm³/mol. The lowest BCUT2D eigenvalue weighted by Gasteiger charge is -2.30. The van der Waals surface area contributed by atoms with Gasteiger partial charge in [-0.3, -0.25) is 19.9 Å². The zero-order valence-corrected chi connectivity index (χ0v) is 47.3. The van der Waals surface area contributed by atoms with Crippen molar-refractivity contribution in [2.45, 2.75) is 109 Å². The van der Waals surface area contributed by atoms with Crippen LogP contribution in [0, 0.1) is 12.8 Å². The standard InChI is InChI=1S/C41H48FN9O3.C14H17N3O.C6H9NO2/c1-6-30(42)16-36-29(19-44-47-36)15-34-33(27-11-12-27)18-35-38(45-41(53-14-13-52-5)46-40(35)50-21-31-17-32(50)20-43-31)39(34)54-23-26-7-9-28(10-8-26)37-22-51(49-48-37)25(4)24(2)3;1-10-14(17-8-7-16-10)12-5-3-11(4-6-12)13(9-18)15-2;8-4-6-2-1-3-7(6)5-9/h6-10,15-16,18-19,22,24-25,27,31-32,43,47H,11-14,17,20-21,23H2,1-5H3;3-8,13,15,18H,9H2,1-2H3;4-6H,1-3H2/b29-15+,30-6-,36-16+;;/t25?,31-,32-;13-;6-/m000/s1.